The van der Waals surface area contributed by atoms with Gasteiger partial charge in [0.2, 0.25) is 0 Å². The van der Waals surface area contributed by atoms with Gasteiger partial charge in [0.25, 0.3) is 5.91 Å². The summed E-state index contributed by atoms with van der Waals surface area (Å²) in [5, 5.41) is 3.23. The fraction of sp³-hybridized carbons (Fsp3) is 0.500. The molecule has 1 aromatic rings. The molecule has 0 unspecified atom stereocenters. The third-order valence-electron chi connectivity index (χ3n) is 2.54. The van der Waals surface area contributed by atoms with Crippen LogP contribution in [0.3, 0.4) is 0 Å². The van der Waals surface area contributed by atoms with Crippen LogP contribution in [0.2, 0.25) is 5.15 Å². The minimum Gasteiger partial charge on any atom is -0.348 e. The van der Waals surface area contributed by atoms with E-state index in [1.807, 2.05) is 0 Å². The molecule has 1 aliphatic rings. The van der Waals surface area contributed by atoms with Crippen molar-refractivity contribution >= 4 is 17.5 Å². The summed E-state index contributed by atoms with van der Waals surface area (Å²) in [4.78, 5) is 19.4. The standard InChI is InChI=1S/C10H12ClN3O/c11-9-6-12-8(5-13-9)10(15)14-7-3-1-2-4-7/h5-7H,1-4H2,(H,14,15). The number of amides is 1. The van der Waals surface area contributed by atoms with Crippen LogP contribution in [0.4, 0.5) is 0 Å². The topological polar surface area (TPSA) is 54.9 Å². The summed E-state index contributed by atoms with van der Waals surface area (Å²) in [7, 11) is 0. The molecule has 1 N–H and O–H groups in total. The van der Waals surface area contributed by atoms with E-state index < -0.39 is 0 Å². The number of rotatable bonds is 2. The minimum absolute atomic E-state index is 0.161. The Morgan fingerprint density at radius 3 is 2.67 bits per heavy atom. The molecule has 0 aliphatic heterocycles. The van der Waals surface area contributed by atoms with E-state index in [-0.39, 0.29) is 5.91 Å². The first-order chi connectivity index (χ1) is 7.25. The molecule has 80 valence electrons. The van der Waals surface area contributed by atoms with Crippen LogP contribution in [0.1, 0.15) is 36.2 Å². The average molecular weight is 226 g/mol. The Labute approximate surface area is 93.1 Å². The summed E-state index contributed by atoms with van der Waals surface area (Å²) in [5.74, 6) is -0.161. The second kappa shape index (κ2) is 4.57. The van der Waals surface area contributed by atoms with Crippen LogP contribution in [0.25, 0.3) is 0 Å². The van der Waals surface area contributed by atoms with E-state index in [2.05, 4.69) is 15.3 Å². The molecule has 0 bridgehead atoms. The summed E-state index contributed by atoms with van der Waals surface area (Å²) in [6.45, 7) is 0. The van der Waals surface area contributed by atoms with Crippen molar-refractivity contribution in [2.45, 2.75) is 31.7 Å². The van der Waals surface area contributed by atoms with Crippen molar-refractivity contribution in [2.24, 2.45) is 0 Å². The predicted octanol–water partition coefficient (Wildman–Crippen LogP) is 1.80. The van der Waals surface area contributed by atoms with Crippen molar-refractivity contribution in [1.82, 2.24) is 15.3 Å². The number of nitrogens with one attached hydrogen (secondary N) is 1. The van der Waals surface area contributed by atoms with Crippen LogP contribution in [-0.4, -0.2) is 21.9 Å². The van der Waals surface area contributed by atoms with Crippen molar-refractivity contribution in [2.75, 3.05) is 0 Å². The highest BCUT2D eigenvalue weighted by Crippen LogP contribution is 2.17. The molecular formula is C10H12ClN3O. The van der Waals surface area contributed by atoms with Gasteiger partial charge in [-0.05, 0) is 12.8 Å². The first-order valence-electron chi connectivity index (χ1n) is 5.04. The normalized spacial score (nSPS) is 16.6. The zero-order chi connectivity index (χ0) is 10.7. The van der Waals surface area contributed by atoms with Gasteiger partial charge in [0.15, 0.2) is 0 Å². The maximum atomic E-state index is 11.7. The highest BCUT2D eigenvalue weighted by Gasteiger charge is 2.18. The maximum Gasteiger partial charge on any atom is 0.271 e. The molecule has 1 fully saturated rings. The van der Waals surface area contributed by atoms with Gasteiger partial charge < -0.3 is 5.32 Å². The van der Waals surface area contributed by atoms with Gasteiger partial charge in [0, 0.05) is 6.04 Å². The van der Waals surface area contributed by atoms with Gasteiger partial charge in [0.1, 0.15) is 10.8 Å². The molecular weight excluding hydrogens is 214 g/mol. The van der Waals surface area contributed by atoms with Crippen molar-refractivity contribution in [3.8, 4) is 0 Å². The van der Waals surface area contributed by atoms with Crippen LogP contribution in [0.15, 0.2) is 12.4 Å². The maximum absolute atomic E-state index is 11.7. The summed E-state index contributed by atoms with van der Waals surface area (Å²) in [6.07, 6.45) is 7.28. The number of halogens is 1. The van der Waals surface area contributed by atoms with Crippen LogP contribution in [0.5, 0.6) is 0 Å². The van der Waals surface area contributed by atoms with E-state index in [1.54, 1.807) is 0 Å². The molecule has 2 rings (SSSR count). The van der Waals surface area contributed by atoms with Crippen molar-refractivity contribution in [1.29, 1.82) is 0 Å². The number of carbonyl (C=O) groups excluding carboxylic acids is 1. The van der Waals surface area contributed by atoms with Gasteiger partial charge in [0.05, 0.1) is 12.4 Å². The molecule has 1 heterocycles. The quantitative estimate of drug-likeness (QED) is 0.835. The lowest BCUT2D eigenvalue weighted by Crippen LogP contribution is -2.33. The summed E-state index contributed by atoms with van der Waals surface area (Å²) in [5.41, 5.74) is 0.325. The molecule has 1 aliphatic carbocycles. The average Bonchev–Trinajstić information content (AvgIpc) is 2.71. The monoisotopic (exact) mass is 225 g/mol. The first-order valence-corrected chi connectivity index (χ1v) is 5.42. The molecule has 15 heavy (non-hydrogen) atoms. The molecule has 4 nitrogen and oxygen atoms in total. The molecule has 0 radical (unpaired) electrons. The Morgan fingerprint density at radius 2 is 2.07 bits per heavy atom. The Balaban J connectivity index is 1.98. The zero-order valence-corrected chi connectivity index (χ0v) is 9.00. The molecule has 1 aromatic heterocycles. The highest BCUT2D eigenvalue weighted by atomic mass is 35.5. The van der Waals surface area contributed by atoms with Crippen LogP contribution < -0.4 is 5.32 Å². The summed E-state index contributed by atoms with van der Waals surface area (Å²) < 4.78 is 0. The molecule has 0 atom stereocenters. The molecule has 0 aromatic carbocycles. The number of hydrogen-bond acceptors (Lipinski definition) is 3. The number of aromatic nitrogens is 2. The minimum atomic E-state index is -0.161. The van der Waals surface area contributed by atoms with Crippen molar-refractivity contribution in [3.05, 3.63) is 23.2 Å². The largest absolute Gasteiger partial charge is 0.348 e. The Hall–Kier alpha value is -1.16. The fourth-order valence-electron chi connectivity index (χ4n) is 1.76. The third kappa shape index (κ3) is 2.65. The van der Waals surface area contributed by atoms with Gasteiger partial charge >= 0.3 is 0 Å². The van der Waals surface area contributed by atoms with Gasteiger partial charge in [-0.2, -0.15) is 0 Å². The van der Waals surface area contributed by atoms with E-state index in [0.29, 0.717) is 16.9 Å². The Kier molecular flexibility index (Phi) is 3.16. The molecule has 1 saturated carbocycles. The second-order valence-corrected chi connectivity index (χ2v) is 4.07. The summed E-state index contributed by atoms with van der Waals surface area (Å²) >= 11 is 5.58. The predicted molar refractivity (Wildman–Crippen MR) is 56.8 cm³/mol. The van der Waals surface area contributed by atoms with Crippen molar-refractivity contribution < 1.29 is 4.79 Å². The number of hydrogen-bond donors (Lipinski definition) is 1. The van der Waals surface area contributed by atoms with Gasteiger partial charge in [-0.1, -0.05) is 24.4 Å². The van der Waals surface area contributed by atoms with E-state index in [0.717, 1.165) is 12.8 Å². The lowest BCUT2D eigenvalue weighted by atomic mass is 10.2. The van der Waals surface area contributed by atoms with E-state index in [1.165, 1.54) is 25.2 Å². The molecule has 1 amide bonds. The van der Waals surface area contributed by atoms with Gasteiger partial charge in [-0.15, -0.1) is 0 Å². The van der Waals surface area contributed by atoms with E-state index in [9.17, 15) is 4.79 Å². The van der Waals surface area contributed by atoms with Gasteiger partial charge in [-0.25, -0.2) is 9.97 Å². The fourth-order valence-corrected chi connectivity index (χ4v) is 1.86. The first kappa shape index (κ1) is 10.4. The van der Waals surface area contributed by atoms with Crippen LogP contribution in [-0.2, 0) is 0 Å². The van der Waals surface area contributed by atoms with E-state index in [4.69, 9.17) is 11.6 Å². The van der Waals surface area contributed by atoms with Crippen molar-refractivity contribution in [3.63, 3.8) is 0 Å². The smallest absolute Gasteiger partial charge is 0.271 e. The third-order valence-corrected chi connectivity index (χ3v) is 2.74. The summed E-state index contributed by atoms with van der Waals surface area (Å²) in [6, 6.07) is 0.301. The highest BCUT2D eigenvalue weighted by molar-refractivity contribution is 6.29. The second-order valence-electron chi connectivity index (χ2n) is 3.68. The lowest BCUT2D eigenvalue weighted by molar-refractivity contribution is 0.0932. The number of nitrogens with zero attached hydrogens (tertiary/aromatic N) is 2. The Morgan fingerprint density at radius 1 is 1.33 bits per heavy atom. The lowest BCUT2D eigenvalue weighted by Gasteiger charge is -2.10. The SMILES string of the molecule is O=C(NC1CCCC1)c1cnc(Cl)cn1. The molecule has 0 spiro atoms. The van der Waals surface area contributed by atoms with Crippen LogP contribution in [0, 0.1) is 0 Å². The number of carbonyl (C=O) groups is 1. The Bertz CT molecular complexity index is 346. The van der Waals surface area contributed by atoms with E-state index >= 15 is 0 Å². The van der Waals surface area contributed by atoms with Gasteiger partial charge in [-0.3, -0.25) is 4.79 Å². The van der Waals surface area contributed by atoms with Crippen LogP contribution >= 0.6 is 11.6 Å². The molecule has 5 heteroatoms. The molecule has 0 saturated heterocycles. The zero-order valence-electron chi connectivity index (χ0n) is 8.24.